The van der Waals surface area contributed by atoms with Gasteiger partial charge >= 0.3 is 0 Å². The van der Waals surface area contributed by atoms with Crippen molar-refractivity contribution in [1.82, 2.24) is 4.98 Å². The molecule has 1 aromatic carbocycles. The highest BCUT2D eigenvalue weighted by Crippen LogP contribution is 2.30. The van der Waals surface area contributed by atoms with Gasteiger partial charge in [0.15, 0.2) is 0 Å². The molecule has 2 aromatic rings. The number of phenolic OH excluding ortho intramolecular Hbond substituents is 1. The second kappa shape index (κ2) is 4.07. The van der Waals surface area contributed by atoms with Crippen molar-refractivity contribution in [2.75, 3.05) is 0 Å². The Morgan fingerprint density at radius 3 is 2.77 bits per heavy atom. The van der Waals surface area contributed by atoms with Crippen LogP contribution in [0, 0.1) is 0 Å². The van der Waals surface area contributed by atoms with E-state index in [-0.39, 0.29) is 22.7 Å². The molecule has 1 N–H and O–H groups in total. The minimum Gasteiger partial charge on any atom is -0.507 e. The number of nitrogens with zero attached hydrogens (tertiary/aromatic N) is 1. The lowest BCUT2D eigenvalue weighted by atomic mass is 10.2. The van der Waals surface area contributed by atoms with Gasteiger partial charge in [0.05, 0.1) is 9.99 Å². The average molecular weight is 305 g/mol. The molecule has 68 valence electrons. The Bertz CT molecular complexity index is 431. The van der Waals surface area contributed by atoms with Crippen molar-refractivity contribution in [1.29, 1.82) is 0 Å². The number of pyridine rings is 1. The molecule has 0 amide bonds. The highest BCUT2D eigenvalue weighted by Gasteiger charge is 2.02. The topological polar surface area (TPSA) is 33.1 Å². The second-order valence-corrected chi connectivity index (χ2v) is 3.27. The average Bonchev–Trinajstić information content (AvgIpc) is 2.12. The molecule has 2 rings (SSSR count). The Kier molecular flexibility index (Phi) is 3.27. The predicted molar refractivity (Wildman–Crippen MR) is 61.4 cm³/mol. The number of fused-ring (bicyclic) bond motifs is 1. The minimum absolute atomic E-state index is 0. The number of benzene rings is 1. The molecule has 0 aliphatic heterocycles. The first kappa shape index (κ1) is 10.5. The zero-order valence-corrected chi connectivity index (χ0v) is 9.87. The standard InChI is InChI=1S/C9H6BrNO.BrH/c10-8-7(12)4-3-6-2-1-5-11-9(6)8;/h1-5,12H;1H. The fourth-order valence-electron chi connectivity index (χ4n) is 1.10. The maximum absolute atomic E-state index is 9.33. The third kappa shape index (κ3) is 1.84. The lowest BCUT2D eigenvalue weighted by Crippen LogP contribution is -1.78. The van der Waals surface area contributed by atoms with Crippen LogP contribution in [0.25, 0.3) is 10.9 Å². The summed E-state index contributed by atoms with van der Waals surface area (Å²) in [5.74, 6) is 0.223. The highest BCUT2D eigenvalue weighted by atomic mass is 79.9. The van der Waals surface area contributed by atoms with E-state index >= 15 is 0 Å². The van der Waals surface area contributed by atoms with Crippen molar-refractivity contribution in [2.24, 2.45) is 0 Å². The van der Waals surface area contributed by atoms with Crippen LogP contribution in [-0.2, 0) is 0 Å². The van der Waals surface area contributed by atoms with Crippen LogP contribution < -0.4 is 0 Å². The first-order valence-electron chi connectivity index (χ1n) is 3.51. The maximum Gasteiger partial charge on any atom is 0.132 e. The van der Waals surface area contributed by atoms with Gasteiger partial charge in [0, 0.05) is 11.6 Å². The third-order valence-electron chi connectivity index (χ3n) is 1.69. The molecule has 13 heavy (non-hydrogen) atoms. The molecule has 4 heteroatoms. The van der Waals surface area contributed by atoms with E-state index in [1.54, 1.807) is 12.3 Å². The predicted octanol–water partition coefficient (Wildman–Crippen LogP) is 3.28. The van der Waals surface area contributed by atoms with Crippen molar-refractivity contribution in [3.8, 4) is 5.75 Å². The summed E-state index contributed by atoms with van der Waals surface area (Å²) in [5.41, 5.74) is 0.789. The lowest BCUT2D eigenvalue weighted by Gasteiger charge is -2.00. The first-order chi connectivity index (χ1) is 5.79. The number of phenols is 1. The number of hydrogen-bond acceptors (Lipinski definition) is 2. The van der Waals surface area contributed by atoms with Gasteiger partial charge in [-0.15, -0.1) is 17.0 Å². The van der Waals surface area contributed by atoms with Crippen LogP contribution in [-0.4, -0.2) is 10.1 Å². The zero-order chi connectivity index (χ0) is 8.55. The van der Waals surface area contributed by atoms with Gasteiger partial charge in [0.2, 0.25) is 0 Å². The summed E-state index contributed by atoms with van der Waals surface area (Å²) < 4.78 is 0.653. The number of aromatic hydroxyl groups is 1. The zero-order valence-electron chi connectivity index (χ0n) is 6.57. The van der Waals surface area contributed by atoms with Crippen LogP contribution >= 0.6 is 32.9 Å². The molecule has 0 radical (unpaired) electrons. The van der Waals surface area contributed by atoms with Gasteiger partial charge in [-0.1, -0.05) is 6.07 Å². The Morgan fingerprint density at radius 1 is 1.23 bits per heavy atom. The summed E-state index contributed by atoms with van der Waals surface area (Å²) in [4.78, 5) is 4.13. The van der Waals surface area contributed by atoms with Gasteiger partial charge in [-0.3, -0.25) is 4.98 Å². The van der Waals surface area contributed by atoms with Crippen LogP contribution in [0.2, 0.25) is 0 Å². The van der Waals surface area contributed by atoms with Crippen LogP contribution in [0.1, 0.15) is 0 Å². The largest absolute Gasteiger partial charge is 0.507 e. The molecule has 2 nitrogen and oxygen atoms in total. The van der Waals surface area contributed by atoms with Crippen LogP contribution in [0.4, 0.5) is 0 Å². The summed E-state index contributed by atoms with van der Waals surface area (Å²) in [6, 6.07) is 7.30. The minimum atomic E-state index is 0. The van der Waals surface area contributed by atoms with Crippen molar-refractivity contribution in [3.05, 3.63) is 34.9 Å². The van der Waals surface area contributed by atoms with Gasteiger partial charge < -0.3 is 5.11 Å². The maximum atomic E-state index is 9.33. The number of aromatic nitrogens is 1. The lowest BCUT2D eigenvalue weighted by molar-refractivity contribution is 0.473. The summed E-state index contributed by atoms with van der Waals surface area (Å²) in [7, 11) is 0. The highest BCUT2D eigenvalue weighted by molar-refractivity contribution is 9.10. The molecule has 0 saturated carbocycles. The molecule has 1 aromatic heterocycles. The Hall–Kier alpha value is -0.610. The third-order valence-corrected chi connectivity index (χ3v) is 2.47. The van der Waals surface area contributed by atoms with E-state index in [2.05, 4.69) is 20.9 Å². The Labute approximate surface area is 94.5 Å². The fourth-order valence-corrected chi connectivity index (χ4v) is 1.56. The fraction of sp³-hybridized carbons (Fsp3) is 0. The molecule has 0 saturated heterocycles. The van der Waals surface area contributed by atoms with Gasteiger partial charge in [-0.25, -0.2) is 0 Å². The van der Waals surface area contributed by atoms with E-state index in [0.717, 1.165) is 10.9 Å². The monoisotopic (exact) mass is 303 g/mol. The molecule has 0 bridgehead atoms. The Balaban J connectivity index is 0.000000845. The van der Waals surface area contributed by atoms with E-state index in [1.807, 2.05) is 18.2 Å². The summed E-state index contributed by atoms with van der Waals surface area (Å²) >= 11 is 3.27. The molecule has 0 unspecified atom stereocenters. The molecule has 1 heterocycles. The first-order valence-corrected chi connectivity index (χ1v) is 4.30. The molecule has 0 aliphatic carbocycles. The molecule has 0 aliphatic rings. The summed E-state index contributed by atoms with van der Waals surface area (Å²) in [5, 5.41) is 10.3. The number of hydrogen-bond donors (Lipinski definition) is 1. The van der Waals surface area contributed by atoms with E-state index in [0.29, 0.717) is 4.47 Å². The quantitative estimate of drug-likeness (QED) is 0.810. The van der Waals surface area contributed by atoms with E-state index in [9.17, 15) is 5.11 Å². The second-order valence-electron chi connectivity index (χ2n) is 2.47. The summed E-state index contributed by atoms with van der Waals surface area (Å²) in [6.45, 7) is 0. The molecular weight excluding hydrogens is 298 g/mol. The van der Waals surface area contributed by atoms with E-state index in [4.69, 9.17) is 0 Å². The van der Waals surface area contributed by atoms with Crippen LogP contribution in [0.3, 0.4) is 0 Å². The van der Waals surface area contributed by atoms with Crippen molar-refractivity contribution < 1.29 is 5.11 Å². The number of rotatable bonds is 0. The molecule has 0 fully saturated rings. The van der Waals surface area contributed by atoms with Crippen LogP contribution in [0.5, 0.6) is 5.75 Å². The van der Waals surface area contributed by atoms with Crippen molar-refractivity contribution in [3.63, 3.8) is 0 Å². The smallest absolute Gasteiger partial charge is 0.132 e. The molecule has 0 spiro atoms. The van der Waals surface area contributed by atoms with Gasteiger partial charge in [0.25, 0.3) is 0 Å². The SMILES string of the molecule is Br.Oc1ccc2cccnc2c1Br. The van der Waals surface area contributed by atoms with Crippen LogP contribution in [0.15, 0.2) is 34.9 Å². The van der Waals surface area contributed by atoms with Crippen molar-refractivity contribution >= 4 is 43.8 Å². The molecular formula is C9H7Br2NO. The van der Waals surface area contributed by atoms with Gasteiger partial charge in [0.1, 0.15) is 5.75 Å². The van der Waals surface area contributed by atoms with Gasteiger partial charge in [-0.05, 0) is 34.1 Å². The summed E-state index contributed by atoms with van der Waals surface area (Å²) in [6.07, 6.45) is 1.70. The van der Waals surface area contributed by atoms with E-state index < -0.39 is 0 Å². The Morgan fingerprint density at radius 2 is 2.00 bits per heavy atom. The molecule has 0 atom stereocenters. The number of halogens is 2. The van der Waals surface area contributed by atoms with Crippen molar-refractivity contribution in [2.45, 2.75) is 0 Å². The van der Waals surface area contributed by atoms with Gasteiger partial charge in [-0.2, -0.15) is 0 Å². The van der Waals surface area contributed by atoms with E-state index in [1.165, 1.54) is 0 Å². The normalized spacial score (nSPS) is 9.62.